The van der Waals surface area contributed by atoms with Crippen molar-refractivity contribution in [3.8, 4) is 5.75 Å². The van der Waals surface area contributed by atoms with E-state index < -0.39 is 0 Å². The fourth-order valence-electron chi connectivity index (χ4n) is 2.97. The molecule has 0 amide bonds. The maximum absolute atomic E-state index is 11.4. The first-order chi connectivity index (χ1) is 12.2. The first-order valence-electron chi connectivity index (χ1n) is 8.24. The molecule has 0 spiro atoms. The minimum atomic E-state index is 0.388. The predicted octanol–water partition coefficient (Wildman–Crippen LogP) is 4.04. The highest BCUT2D eigenvalue weighted by Gasteiger charge is 2.13. The van der Waals surface area contributed by atoms with Crippen molar-refractivity contribution in [2.45, 2.75) is 13.3 Å². The van der Waals surface area contributed by atoms with Crippen LogP contribution in [0.1, 0.15) is 27.0 Å². The number of rotatable bonds is 6. The average Bonchev–Trinajstić information content (AvgIpc) is 2.64. The van der Waals surface area contributed by atoms with Crippen molar-refractivity contribution in [2.75, 3.05) is 7.11 Å². The molecule has 25 heavy (non-hydrogen) atoms. The van der Waals surface area contributed by atoms with Gasteiger partial charge in [-0.3, -0.25) is 4.79 Å². The molecular weight excluding hydrogens is 327 g/mol. The van der Waals surface area contributed by atoms with Gasteiger partial charge in [0, 0.05) is 17.3 Å². The maximum atomic E-state index is 11.4. The van der Waals surface area contributed by atoms with Crippen molar-refractivity contribution in [1.29, 1.82) is 0 Å². The minimum absolute atomic E-state index is 0.388. The Morgan fingerprint density at radius 3 is 2.44 bits per heavy atom. The lowest BCUT2D eigenvalue weighted by atomic mass is 10.0. The topological polar surface area (TPSA) is 26.3 Å². The standard InChI is InChI=1S/C22H21O2P/c1-16-8-6-12-19(15-23)22(16)25-20-13-7-11-18(21(20)24-2)14-17-9-4-3-5-10-17/h3-13,15,25H,14H2,1-2H3. The Morgan fingerprint density at radius 2 is 1.72 bits per heavy atom. The fourth-order valence-corrected chi connectivity index (χ4v) is 4.37. The SMILES string of the molecule is COc1c(Cc2ccccc2)cccc1Pc1c(C)cccc1C=O. The van der Waals surface area contributed by atoms with Gasteiger partial charge < -0.3 is 4.74 Å². The van der Waals surface area contributed by atoms with Crippen molar-refractivity contribution in [3.05, 3.63) is 89.0 Å². The van der Waals surface area contributed by atoms with Gasteiger partial charge in [0.2, 0.25) is 0 Å². The van der Waals surface area contributed by atoms with Gasteiger partial charge in [-0.05, 0) is 28.9 Å². The van der Waals surface area contributed by atoms with E-state index in [-0.39, 0.29) is 0 Å². The summed E-state index contributed by atoms with van der Waals surface area (Å²) in [5.74, 6) is 0.921. The summed E-state index contributed by atoms with van der Waals surface area (Å²) >= 11 is 0. The van der Waals surface area contributed by atoms with Gasteiger partial charge in [0.1, 0.15) is 5.75 Å². The van der Waals surface area contributed by atoms with Gasteiger partial charge in [-0.2, -0.15) is 0 Å². The highest BCUT2D eigenvalue weighted by atomic mass is 31.1. The van der Waals surface area contributed by atoms with Crippen LogP contribution in [0.2, 0.25) is 0 Å². The monoisotopic (exact) mass is 348 g/mol. The highest BCUT2D eigenvalue weighted by molar-refractivity contribution is 7.56. The molecular formula is C22H21O2P. The summed E-state index contributed by atoms with van der Waals surface area (Å²) in [7, 11) is 2.11. The molecule has 3 aromatic carbocycles. The van der Waals surface area contributed by atoms with Crippen LogP contribution >= 0.6 is 8.58 Å². The van der Waals surface area contributed by atoms with Gasteiger partial charge in [-0.25, -0.2) is 0 Å². The molecule has 0 radical (unpaired) electrons. The molecule has 0 aliphatic rings. The number of hydrogen-bond donors (Lipinski definition) is 0. The van der Waals surface area contributed by atoms with Crippen molar-refractivity contribution in [3.63, 3.8) is 0 Å². The Bertz CT molecular complexity index is 872. The molecule has 3 aromatic rings. The summed E-state index contributed by atoms with van der Waals surface area (Å²) in [6.07, 6.45) is 1.77. The van der Waals surface area contributed by atoms with Crippen LogP contribution in [0.3, 0.4) is 0 Å². The van der Waals surface area contributed by atoms with Gasteiger partial charge in [0.15, 0.2) is 6.29 Å². The van der Waals surface area contributed by atoms with Gasteiger partial charge in [-0.1, -0.05) is 75.3 Å². The summed E-state index contributed by atoms with van der Waals surface area (Å²) in [6.45, 7) is 2.05. The van der Waals surface area contributed by atoms with Crippen molar-refractivity contribution < 1.29 is 9.53 Å². The van der Waals surface area contributed by atoms with E-state index in [4.69, 9.17) is 4.74 Å². The molecule has 0 fully saturated rings. The Morgan fingerprint density at radius 1 is 0.960 bits per heavy atom. The third kappa shape index (κ3) is 3.97. The molecule has 2 nitrogen and oxygen atoms in total. The van der Waals surface area contributed by atoms with E-state index in [0.29, 0.717) is 8.58 Å². The molecule has 3 rings (SSSR count). The summed E-state index contributed by atoms with van der Waals surface area (Å²) in [5.41, 5.74) is 4.32. The molecule has 0 saturated carbocycles. The Hall–Kier alpha value is -2.44. The van der Waals surface area contributed by atoms with Crippen LogP contribution in [0, 0.1) is 6.92 Å². The van der Waals surface area contributed by atoms with E-state index in [9.17, 15) is 4.79 Å². The Kier molecular flexibility index (Phi) is 5.63. The smallest absolute Gasteiger partial charge is 0.150 e. The Balaban J connectivity index is 1.98. The summed E-state index contributed by atoms with van der Waals surface area (Å²) in [4.78, 5) is 11.4. The largest absolute Gasteiger partial charge is 0.496 e. The number of para-hydroxylation sites is 1. The van der Waals surface area contributed by atoms with Crippen LogP contribution in [-0.4, -0.2) is 13.4 Å². The van der Waals surface area contributed by atoms with Crippen LogP contribution in [0.4, 0.5) is 0 Å². The minimum Gasteiger partial charge on any atom is -0.496 e. The third-order valence-electron chi connectivity index (χ3n) is 4.23. The maximum Gasteiger partial charge on any atom is 0.150 e. The molecule has 3 heteroatoms. The lowest BCUT2D eigenvalue weighted by Gasteiger charge is -2.16. The van der Waals surface area contributed by atoms with E-state index in [0.717, 1.165) is 40.2 Å². The normalized spacial score (nSPS) is 11.0. The van der Waals surface area contributed by atoms with E-state index in [1.165, 1.54) is 11.1 Å². The first-order valence-corrected chi connectivity index (χ1v) is 9.24. The van der Waals surface area contributed by atoms with Crippen LogP contribution in [-0.2, 0) is 6.42 Å². The Labute approximate surface area is 150 Å². The summed E-state index contributed by atoms with van der Waals surface area (Å²) in [6, 6.07) is 22.5. The molecule has 0 aliphatic carbocycles. The molecule has 0 heterocycles. The predicted molar refractivity (Wildman–Crippen MR) is 106 cm³/mol. The molecule has 0 saturated heterocycles. The van der Waals surface area contributed by atoms with E-state index in [1.54, 1.807) is 7.11 Å². The van der Waals surface area contributed by atoms with Gasteiger partial charge in [0.05, 0.1) is 7.11 Å². The van der Waals surface area contributed by atoms with Gasteiger partial charge >= 0.3 is 0 Å². The number of aldehydes is 1. The number of ether oxygens (including phenoxy) is 1. The fraction of sp³-hybridized carbons (Fsp3) is 0.136. The van der Waals surface area contributed by atoms with Gasteiger partial charge in [0.25, 0.3) is 0 Å². The second kappa shape index (κ2) is 8.09. The zero-order chi connectivity index (χ0) is 17.6. The second-order valence-electron chi connectivity index (χ2n) is 5.94. The second-order valence-corrected chi connectivity index (χ2v) is 7.23. The molecule has 1 atom stereocenters. The lowest BCUT2D eigenvalue weighted by Crippen LogP contribution is -2.14. The van der Waals surface area contributed by atoms with E-state index >= 15 is 0 Å². The number of carbonyl (C=O) groups is 1. The highest BCUT2D eigenvalue weighted by Crippen LogP contribution is 2.27. The number of methoxy groups -OCH3 is 1. The average molecular weight is 348 g/mol. The summed E-state index contributed by atoms with van der Waals surface area (Å²) < 4.78 is 5.75. The van der Waals surface area contributed by atoms with Gasteiger partial charge in [-0.15, -0.1) is 0 Å². The quantitative estimate of drug-likeness (QED) is 0.496. The van der Waals surface area contributed by atoms with Crippen LogP contribution in [0.5, 0.6) is 5.75 Å². The molecule has 0 aromatic heterocycles. The molecule has 0 aliphatic heterocycles. The van der Waals surface area contributed by atoms with Crippen LogP contribution < -0.4 is 15.3 Å². The number of carbonyl (C=O) groups excluding carboxylic acids is 1. The zero-order valence-electron chi connectivity index (χ0n) is 14.5. The number of hydrogen-bond acceptors (Lipinski definition) is 2. The molecule has 1 unspecified atom stereocenters. The van der Waals surface area contributed by atoms with Crippen molar-refractivity contribution >= 4 is 25.5 Å². The van der Waals surface area contributed by atoms with Crippen molar-refractivity contribution in [2.24, 2.45) is 0 Å². The zero-order valence-corrected chi connectivity index (χ0v) is 15.5. The lowest BCUT2D eigenvalue weighted by molar-refractivity contribution is 0.112. The molecule has 0 bridgehead atoms. The van der Waals surface area contributed by atoms with Crippen LogP contribution in [0.25, 0.3) is 0 Å². The number of benzene rings is 3. The molecule has 126 valence electrons. The third-order valence-corrected chi connectivity index (χ3v) is 5.83. The van der Waals surface area contributed by atoms with E-state index in [2.05, 4.69) is 55.5 Å². The first kappa shape index (κ1) is 17.4. The molecule has 0 N–H and O–H groups in total. The number of aryl methyl sites for hydroxylation is 1. The van der Waals surface area contributed by atoms with Crippen molar-refractivity contribution in [1.82, 2.24) is 0 Å². The van der Waals surface area contributed by atoms with Crippen LogP contribution in [0.15, 0.2) is 66.7 Å². The summed E-state index contributed by atoms with van der Waals surface area (Å²) in [5, 5.41) is 2.22. The van der Waals surface area contributed by atoms with E-state index in [1.807, 2.05) is 18.2 Å².